The first-order valence-electron chi connectivity index (χ1n) is 6.83. The van der Waals surface area contributed by atoms with Crippen LogP contribution in [0.4, 0.5) is 0 Å². The molecule has 0 aliphatic carbocycles. The molecular formula is C16H21NS. The molecule has 0 aromatic heterocycles. The van der Waals surface area contributed by atoms with Gasteiger partial charge in [-0.2, -0.15) is 0 Å². The minimum atomic E-state index is 0.639. The van der Waals surface area contributed by atoms with E-state index in [-0.39, 0.29) is 0 Å². The zero-order valence-corrected chi connectivity index (χ0v) is 12.3. The summed E-state index contributed by atoms with van der Waals surface area (Å²) in [5, 5.41) is 0.639. The molecule has 96 valence electrons. The highest BCUT2D eigenvalue weighted by Gasteiger charge is 2.28. The second-order valence-electron chi connectivity index (χ2n) is 5.58. The Morgan fingerprint density at radius 3 is 2.67 bits per heavy atom. The Balaban J connectivity index is 2.03. The normalized spacial score (nSPS) is 24.5. The molecule has 2 aliphatic heterocycles. The predicted molar refractivity (Wildman–Crippen MR) is 80.1 cm³/mol. The molecule has 0 spiro atoms. The Bertz CT molecular complexity index is 494. The van der Waals surface area contributed by atoms with E-state index < -0.39 is 0 Å². The quantitative estimate of drug-likeness (QED) is 0.693. The number of thioether (sulfide) groups is 1. The molecule has 2 aliphatic rings. The van der Waals surface area contributed by atoms with Crippen LogP contribution in [0.2, 0.25) is 0 Å². The number of aryl methyl sites for hydroxylation is 1. The summed E-state index contributed by atoms with van der Waals surface area (Å²) in [5.41, 5.74) is 6.26. The van der Waals surface area contributed by atoms with Gasteiger partial charge in [0.1, 0.15) is 0 Å². The molecule has 1 aromatic rings. The van der Waals surface area contributed by atoms with Crippen molar-refractivity contribution in [2.75, 3.05) is 20.1 Å². The summed E-state index contributed by atoms with van der Waals surface area (Å²) >= 11 is 2.03. The van der Waals surface area contributed by atoms with Gasteiger partial charge in [0, 0.05) is 23.2 Å². The van der Waals surface area contributed by atoms with Crippen molar-refractivity contribution in [3.63, 3.8) is 0 Å². The standard InChI is InChI=1S/C16H21NS/c1-11-4-5-15-14(10-11)16(12(2)18-15)13-6-8-17(3)9-7-13/h4-5,10,12H,6-9H2,1-3H3. The molecule has 1 unspecified atom stereocenters. The van der Waals surface area contributed by atoms with Gasteiger partial charge in [0.2, 0.25) is 0 Å². The van der Waals surface area contributed by atoms with Crippen LogP contribution in [0.3, 0.4) is 0 Å². The average Bonchev–Trinajstić information content (AvgIpc) is 2.66. The van der Waals surface area contributed by atoms with Gasteiger partial charge in [0.15, 0.2) is 0 Å². The fourth-order valence-corrected chi connectivity index (χ4v) is 4.30. The lowest BCUT2D eigenvalue weighted by molar-refractivity contribution is 0.313. The van der Waals surface area contributed by atoms with Gasteiger partial charge < -0.3 is 4.90 Å². The van der Waals surface area contributed by atoms with Crippen molar-refractivity contribution in [1.29, 1.82) is 0 Å². The molecule has 0 bridgehead atoms. The third-order valence-corrected chi connectivity index (χ3v) is 5.31. The summed E-state index contributed by atoms with van der Waals surface area (Å²) in [6.45, 7) is 7.00. The van der Waals surface area contributed by atoms with Crippen LogP contribution in [0, 0.1) is 6.92 Å². The van der Waals surface area contributed by atoms with Gasteiger partial charge in [-0.15, -0.1) is 11.8 Å². The van der Waals surface area contributed by atoms with Crippen LogP contribution in [0.15, 0.2) is 28.7 Å². The second kappa shape index (κ2) is 4.75. The lowest BCUT2D eigenvalue weighted by Gasteiger charge is -2.26. The van der Waals surface area contributed by atoms with Crippen molar-refractivity contribution in [3.8, 4) is 0 Å². The highest BCUT2D eigenvalue weighted by atomic mass is 32.2. The molecule has 1 aromatic carbocycles. The SMILES string of the molecule is Cc1ccc2c(c1)C(=C1CCN(C)CC1)C(C)S2. The van der Waals surface area contributed by atoms with Crippen LogP contribution >= 0.6 is 11.8 Å². The summed E-state index contributed by atoms with van der Waals surface area (Å²) in [6, 6.07) is 6.92. The monoisotopic (exact) mass is 259 g/mol. The lowest BCUT2D eigenvalue weighted by Crippen LogP contribution is -2.27. The van der Waals surface area contributed by atoms with Crippen LogP contribution in [0.1, 0.15) is 30.9 Å². The predicted octanol–water partition coefficient (Wildman–Crippen LogP) is 3.97. The smallest absolute Gasteiger partial charge is 0.0322 e. The first-order chi connectivity index (χ1) is 8.65. The average molecular weight is 259 g/mol. The molecule has 0 saturated carbocycles. The Morgan fingerprint density at radius 1 is 1.22 bits per heavy atom. The van der Waals surface area contributed by atoms with E-state index in [1.54, 1.807) is 11.1 Å². The molecule has 1 saturated heterocycles. The van der Waals surface area contributed by atoms with E-state index in [4.69, 9.17) is 0 Å². The molecule has 0 radical (unpaired) electrons. The highest BCUT2D eigenvalue weighted by Crippen LogP contribution is 2.47. The summed E-state index contributed by atoms with van der Waals surface area (Å²) < 4.78 is 0. The number of piperidine rings is 1. The Labute approximate surface area is 114 Å². The van der Waals surface area contributed by atoms with E-state index in [1.165, 1.54) is 42.0 Å². The second-order valence-corrected chi connectivity index (χ2v) is 6.96. The number of benzene rings is 1. The molecule has 0 amide bonds. The Hall–Kier alpha value is -0.730. The molecule has 3 rings (SSSR count). The summed E-state index contributed by atoms with van der Waals surface area (Å²) in [5.74, 6) is 0. The van der Waals surface area contributed by atoms with Crippen LogP contribution in [-0.4, -0.2) is 30.3 Å². The maximum atomic E-state index is 2.44. The van der Waals surface area contributed by atoms with E-state index in [0.717, 1.165) is 0 Å². The number of fused-ring (bicyclic) bond motifs is 1. The molecular weight excluding hydrogens is 238 g/mol. The van der Waals surface area contributed by atoms with Crippen LogP contribution in [0.25, 0.3) is 5.57 Å². The highest BCUT2D eigenvalue weighted by molar-refractivity contribution is 8.00. The van der Waals surface area contributed by atoms with Gasteiger partial charge in [0.05, 0.1) is 0 Å². The van der Waals surface area contributed by atoms with Crippen LogP contribution < -0.4 is 0 Å². The Kier molecular flexibility index (Phi) is 3.25. The third kappa shape index (κ3) is 2.12. The number of likely N-dealkylation sites (tertiary alicyclic amines) is 1. The van der Waals surface area contributed by atoms with Crippen molar-refractivity contribution in [2.45, 2.75) is 36.8 Å². The van der Waals surface area contributed by atoms with Crippen LogP contribution in [-0.2, 0) is 0 Å². The van der Waals surface area contributed by atoms with E-state index in [9.17, 15) is 0 Å². The van der Waals surface area contributed by atoms with E-state index in [2.05, 4.69) is 44.0 Å². The molecule has 1 nitrogen and oxygen atoms in total. The first kappa shape index (κ1) is 12.3. The molecule has 1 fully saturated rings. The molecule has 18 heavy (non-hydrogen) atoms. The fraction of sp³-hybridized carbons (Fsp3) is 0.500. The largest absolute Gasteiger partial charge is 0.306 e. The third-order valence-electron chi connectivity index (χ3n) is 4.11. The van der Waals surface area contributed by atoms with E-state index in [0.29, 0.717) is 5.25 Å². The maximum absolute atomic E-state index is 2.44. The van der Waals surface area contributed by atoms with Crippen molar-refractivity contribution in [2.24, 2.45) is 0 Å². The zero-order valence-electron chi connectivity index (χ0n) is 11.5. The fourth-order valence-electron chi connectivity index (χ4n) is 3.06. The number of rotatable bonds is 0. The number of hydrogen-bond donors (Lipinski definition) is 0. The summed E-state index contributed by atoms with van der Waals surface area (Å²) in [4.78, 5) is 3.92. The maximum Gasteiger partial charge on any atom is 0.0322 e. The lowest BCUT2D eigenvalue weighted by atomic mass is 9.91. The summed E-state index contributed by atoms with van der Waals surface area (Å²) in [6.07, 6.45) is 2.51. The van der Waals surface area contributed by atoms with Crippen molar-refractivity contribution < 1.29 is 0 Å². The Morgan fingerprint density at radius 2 is 1.94 bits per heavy atom. The van der Waals surface area contributed by atoms with Crippen molar-refractivity contribution in [1.82, 2.24) is 4.90 Å². The first-order valence-corrected chi connectivity index (χ1v) is 7.71. The number of nitrogens with zero attached hydrogens (tertiary/aromatic N) is 1. The van der Waals surface area contributed by atoms with Gasteiger partial charge in [-0.1, -0.05) is 23.3 Å². The van der Waals surface area contributed by atoms with Crippen molar-refractivity contribution >= 4 is 17.3 Å². The topological polar surface area (TPSA) is 3.24 Å². The summed E-state index contributed by atoms with van der Waals surface area (Å²) in [7, 11) is 2.23. The van der Waals surface area contributed by atoms with Gasteiger partial charge in [-0.25, -0.2) is 0 Å². The zero-order chi connectivity index (χ0) is 12.7. The van der Waals surface area contributed by atoms with Gasteiger partial charge in [-0.05, 0) is 50.9 Å². The van der Waals surface area contributed by atoms with E-state index >= 15 is 0 Å². The van der Waals surface area contributed by atoms with Gasteiger partial charge in [0.25, 0.3) is 0 Å². The van der Waals surface area contributed by atoms with Gasteiger partial charge in [-0.3, -0.25) is 0 Å². The molecule has 0 N–H and O–H groups in total. The van der Waals surface area contributed by atoms with Crippen molar-refractivity contribution in [3.05, 3.63) is 34.9 Å². The van der Waals surface area contributed by atoms with Crippen LogP contribution in [0.5, 0.6) is 0 Å². The van der Waals surface area contributed by atoms with Gasteiger partial charge >= 0.3 is 0 Å². The molecule has 2 heteroatoms. The minimum Gasteiger partial charge on any atom is -0.306 e. The molecule has 2 heterocycles. The minimum absolute atomic E-state index is 0.639. The molecule has 1 atom stereocenters. The van der Waals surface area contributed by atoms with E-state index in [1.807, 2.05) is 11.8 Å². The number of hydrogen-bond acceptors (Lipinski definition) is 2.